The first-order valence-electron chi connectivity index (χ1n) is 20.9. The van der Waals surface area contributed by atoms with Gasteiger partial charge in [-0.2, -0.15) is 0 Å². The zero-order valence-electron chi connectivity index (χ0n) is 33.3. The van der Waals surface area contributed by atoms with E-state index in [-0.39, 0.29) is 12.1 Å². The number of aromatic nitrogens is 1. The van der Waals surface area contributed by atoms with Crippen LogP contribution in [0.3, 0.4) is 0 Å². The lowest BCUT2D eigenvalue weighted by atomic mass is 9.36. The number of fused-ring (bicyclic) bond motifs is 14. The van der Waals surface area contributed by atoms with Gasteiger partial charge in [0.15, 0.2) is 5.58 Å². The average molecular weight is 786 g/mol. The predicted molar refractivity (Wildman–Crippen MR) is 255 cm³/mol. The normalized spacial score (nSPS) is 13.8. The number of rotatable bonds is 2. The summed E-state index contributed by atoms with van der Waals surface area (Å²) in [6.07, 6.45) is 0. The van der Waals surface area contributed by atoms with Crippen molar-refractivity contribution in [1.29, 1.82) is 0 Å². The molecule has 11 aromatic rings. The molecule has 3 aliphatic rings. The van der Waals surface area contributed by atoms with Crippen LogP contribution in [-0.4, -0.2) is 11.3 Å². The van der Waals surface area contributed by atoms with Gasteiger partial charge in [-0.1, -0.05) is 130 Å². The summed E-state index contributed by atoms with van der Waals surface area (Å²) in [5.41, 5.74) is 19.1. The van der Waals surface area contributed by atoms with Gasteiger partial charge in [0, 0.05) is 47.8 Å². The van der Waals surface area contributed by atoms with Crippen molar-refractivity contribution < 1.29 is 4.42 Å². The Bertz CT molecular complexity index is 3680. The summed E-state index contributed by atoms with van der Waals surface area (Å²) in [5.74, 6) is 0. The largest absolute Gasteiger partial charge is 0.454 e. The van der Waals surface area contributed by atoms with Gasteiger partial charge < -0.3 is 18.8 Å². The molecule has 282 valence electrons. The van der Waals surface area contributed by atoms with Gasteiger partial charge in [0.1, 0.15) is 5.58 Å². The van der Waals surface area contributed by atoms with Crippen LogP contribution in [0.4, 0.5) is 34.1 Å². The number of thiophene rings is 1. The number of hydrogen-bond donors (Lipinski definition) is 0. The van der Waals surface area contributed by atoms with E-state index in [0.717, 1.165) is 27.6 Å². The summed E-state index contributed by atoms with van der Waals surface area (Å²) < 4.78 is 12.1. The van der Waals surface area contributed by atoms with E-state index < -0.39 is 0 Å². The van der Waals surface area contributed by atoms with E-state index in [9.17, 15) is 0 Å². The molecule has 0 bridgehead atoms. The number of furan rings is 1. The minimum atomic E-state index is -0.133. The molecule has 6 heterocycles. The first-order chi connectivity index (χ1) is 29.4. The van der Waals surface area contributed by atoms with Crippen LogP contribution in [0.1, 0.15) is 26.3 Å². The van der Waals surface area contributed by atoms with E-state index in [0.29, 0.717) is 0 Å². The van der Waals surface area contributed by atoms with Crippen LogP contribution < -0.4 is 25.5 Å². The number of para-hydroxylation sites is 5. The lowest BCUT2D eigenvalue weighted by Crippen LogP contribution is -2.61. The smallest absolute Gasteiger partial charge is 0.264 e. The van der Waals surface area contributed by atoms with Crippen molar-refractivity contribution in [2.75, 3.05) is 9.80 Å². The Morgan fingerprint density at radius 2 is 1.20 bits per heavy atom. The number of anilines is 6. The molecule has 0 fully saturated rings. The molecule has 0 saturated carbocycles. The molecule has 0 aliphatic carbocycles. The zero-order chi connectivity index (χ0) is 39.6. The standard InChI is InChI=1S/C54H36BN3OS/c1-54(2,3)33-29-44-48-45(30-33)58(43-24-12-19-37-35-17-8-10-25-46(35)59-52(37)43)50-38-28-32(31-14-5-4-6-15-31)26-27-47(38)60-53(50)55(48)39-20-13-23-42-51(39)57(44)41-22-11-18-36-34-16-7-9-21-40(34)56(42)49(36)41/h4-30H,1-3H3. The van der Waals surface area contributed by atoms with Gasteiger partial charge in [-0.15, -0.1) is 11.3 Å². The van der Waals surface area contributed by atoms with Crippen LogP contribution in [0.15, 0.2) is 168 Å². The molecule has 0 amide bonds. The minimum Gasteiger partial charge on any atom is -0.454 e. The summed E-state index contributed by atoms with van der Waals surface area (Å²) in [4.78, 5) is 5.19. The SMILES string of the molecule is CC(C)(C)c1cc2c3c(c1)N1c4c(cccc4-n4c5ccccc5c5cccc1c54)B3c1sc3ccc(-c4ccccc4)cc3c1N2c1cccc2c1oc1ccccc12. The first-order valence-corrected chi connectivity index (χ1v) is 21.7. The highest BCUT2D eigenvalue weighted by Crippen LogP contribution is 2.55. The molecule has 4 nitrogen and oxygen atoms in total. The van der Waals surface area contributed by atoms with Gasteiger partial charge in [-0.05, 0) is 87.6 Å². The van der Waals surface area contributed by atoms with Crippen LogP contribution in [-0.2, 0) is 5.41 Å². The van der Waals surface area contributed by atoms with Crippen molar-refractivity contribution in [2.45, 2.75) is 26.2 Å². The molecule has 0 unspecified atom stereocenters. The highest BCUT2D eigenvalue weighted by molar-refractivity contribution is 7.33. The number of benzene rings is 8. The molecule has 0 radical (unpaired) electrons. The lowest BCUT2D eigenvalue weighted by molar-refractivity contribution is 0.590. The molecule has 60 heavy (non-hydrogen) atoms. The van der Waals surface area contributed by atoms with Crippen molar-refractivity contribution >= 4 is 122 Å². The first kappa shape index (κ1) is 32.9. The molecule has 0 atom stereocenters. The molecule has 0 N–H and O–H groups in total. The second-order valence-electron chi connectivity index (χ2n) is 17.7. The summed E-state index contributed by atoms with van der Waals surface area (Å²) in [6, 6.07) is 60.8. The Morgan fingerprint density at radius 3 is 2.03 bits per heavy atom. The molecule has 6 heteroatoms. The monoisotopic (exact) mass is 785 g/mol. The van der Waals surface area contributed by atoms with E-state index in [1.165, 1.54) is 98.4 Å². The molecule has 8 aromatic carbocycles. The average Bonchev–Trinajstić information content (AvgIpc) is 3.96. The molecule has 3 aliphatic heterocycles. The van der Waals surface area contributed by atoms with E-state index in [2.05, 4.69) is 199 Å². The van der Waals surface area contributed by atoms with Gasteiger partial charge in [0.25, 0.3) is 6.71 Å². The Balaban J connectivity index is 1.16. The quantitative estimate of drug-likeness (QED) is 0.163. The van der Waals surface area contributed by atoms with Crippen molar-refractivity contribution in [3.05, 3.63) is 169 Å². The third-order valence-electron chi connectivity index (χ3n) is 13.4. The fraction of sp³-hybridized carbons (Fsp3) is 0.0741. The fourth-order valence-corrected chi connectivity index (χ4v) is 12.1. The molecular weight excluding hydrogens is 749 g/mol. The number of hydrogen-bond acceptors (Lipinski definition) is 4. The van der Waals surface area contributed by atoms with Gasteiger partial charge in [0.05, 0.1) is 39.5 Å². The fourth-order valence-electron chi connectivity index (χ4n) is 10.8. The predicted octanol–water partition coefficient (Wildman–Crippen LogP) is 13.3. The van der Waals surface area contributed by atoms with E-state index in [1.807, 2.05) is 11.3 Å². The van der Waals surface area contributed by atoms with Crippen LogP contribution in [0.5, 0.6) is 0 Å². The minimum absolute atomic E-state index is 0.0106. The maximum Gasteiger partial charge on any atom is 0.264 e. The van der Waals surface area contributed by atoms with Gasteiger partial charge >= 0.3 is 0 Å². The van der Waals surface area contributed by atoms with Crippen molar-refractivity contribution in [1.82, 2.24) is 4.57 Å². The number of nitrogens with zero attached hydrogens (tertiary/aromatic N) is 3. The van der Waals surface area contributed by atoms with Crippen LogP contribution >= 0.6 is 11.3 Å². The molecule has 0 spiro atoms. The Labute approximate surface area is 351 Å². The maximum atomic E-state index is 6.92. The highest BCUT2D eigenvalue weighted by atomic mass is 32.1. The van der Waals surface area contributed by atoms with Gasteiger partial charge in [-0.25, -0.2) is 0 Å². The van der Waals surface area contributed by atoms with Crippen molar-refractivity contribution in [3.63, 3.8) is 0 Å². The van der Waals surface area contributed by atoms with E-state index in [4.69, 9.17) is 4.42 Å². The van der Waals surface area contributed by atoms with E-state index in [1.54, 1.807) is 0 Å². The Kier molecular flexibility index (Phi) is 6.24. The van der Waals surface area contributed by atoms with Gasteiger partial charge in [-0.3, -0.25) is 0 Å². The topological polar surface area (TPSA) is 24.6 Å². The lowest BCUT2D eigenvalue weighted by Gasteiger charge is -2.46. The molecule has 14 rings (SSSR count). The second-order valence-corrected chi connectivity index (χ2v) is 18.8. The summed E-state index contributed by atoms with van der Waals surface area (Å²) >= 11 is 1.94. The highest BCUT2D eigenvalue weighted by Gasteiger charge is 2.48. The van der Waals surface area contributed by atoms with Crippen LogP contribution in [0.25, 0.3) is 70.6 Å². The van der Waals surface area contributed by atoms with E-state index >= 15 is 0 Å². The van der Waals surface area contributed by atoms with Crippen LogP contribution in [0.2, 0.25) is 0 Å². The zero-order valence-corrected chi connectivity index (χ0v) is 34.1. The van der Waals surface area contributed by atoms with Crippen LogP contribution in [0, 0.1) is 0 Å². The molecule has 0 saturated heterocycles. The molecular formula is C54H36BN3OS. The van der Waals surface area contributed by atoms with Crippen molar-refractivity contribution in [2.24, 2.45) is 0 Å². The molecule has 3 aromatic heterocycles. The van der Waals surface area contributed by atoms with Gasteiger partial charge in [0.2, 0.25) is 0 Å². The second kappa shape index (κ2) is 11.4. The Morgan fingerprint density at radius 1 is 0.517 bits per heavy atom. The summed E-state index contributed by atoms with van der Waals surface area (Å²) in [6.45, 7) is 7.05. The third-order valence-corrected chi connectivity index (χ3v) is 14.6. The third kappa shape index (κ3) is 4.11. The maximum absolute atomic E-state index is 6.92. The van der Waals surface area contributed by atoms with Crippen molar-refractivity contribution in [3.8, 4) is 16.8 Å². The summed E-state index contributed by atoms with van der Waals surface area (Å²) in [5, 5.41) is 6.08. The summed E-state index contributed by atoms with van der Waals surface area (Å²) in [7, 11) is 0. The Hall–Kier alpha value is -7.02.